The molecule has 0 radical (unpaired) electrons. The Bertz CT molecular complexity index is 357. The summed E-state index contributed by atoms with van der Waals surface area (Å²) in [7, 11) is -1.20. The maximum atomic E-state index is 11.8. The Morgan fingerprint density at radius 2 is 2.24 bits per heavy atom. The number of carbonyl (C=O) groups is 1. The van der Waals surface area contributed by atoms with E-state index < -0.39 is 9.84 Å². The maximum absolute atomic E-state index is 11.8. The van der Waals surface area contributed by atoms with Gasteiger partial charge >= 0.3 is 0 Å². The Hall–Kier alpha value is -0.270. The average molecular weight is 280 g/mol. The molecule has 0 aromatic heterocycles. The minimum atomic E-state index is -2.96. The van der Waals surface area contributed by atoms with Crippen molar-refractivity contribution in [2.45, 2.75) is 12.5 Å². The zero-order chi connectivity index (χ0) is 12.9. The van der Waals surface area contributed by atoms with Crippen LogP contribution in [0.5, 0.6) is 0 Å². The van der Waals surface area contributed by atoms with Crippen molar-refractivity contribution in [2.75, 3.05) is 43.7 Å². The van der Waals surface area contributed by atoms with E-state index in [0.717, 1.165) is 5.75 Å². The number of thioether (sulfide) groups is 1. The minimum absolute atomic E-state index is 0.00801. The molecule has 1 amide bonds. The molecular formula is C10H20N2O3S2. The van der Waals surface area contributed by atoms with Gasteiger partial charge in [-0.25, -0.2) is 8.42 Å². The van der Waals surface area contributed by atoms with Crippen LogP contribution in [0.1, 0.15) is 6.42 Å². The first-order chi connectivity index (χ1) is 7.94. The molecule has 0 bridgehead atoms. The molecule has 17 heavy (non-hydrogen) atoms. The largest absolute Gasteiger partial charge is 0.345 e. The van der Waals surface area contributed by atoms with Crippen molar-refractivity contribution in [3.8, 4) is 0 Å². The maximum Gasteiger partial charge on any atom is 0.223 e. The van der Waals surface area contributed by atoms with Crippen molar-refractivity contribution < 1.29 is 13.2 Å². The smallest absolute Gasteiger partial charge is 0.223 e. The molecule has 1 atom stereocenters. The molecule has 0 spiro atoms. The highest BCUT2D eigenvalue weighted by atomic mass is 32.2. The van der Waals surface area contributed by atoms with E-state index >= 15 is 0 Å². The van der Waals surface area contributed by atoms with Crippen LogP contribution < -0.4 is 5.32 Å². The molecule has 100 valence electrons. The van der Waals surface area contributed by atoms with Crippen molar-refractivity contribution in [1.82, 2.24) is 10.2 Å². The van der Waals surface area contributed by atoms with Gasteiger partial charge in [-0.1, -0.05) is 0 Å². The van der Waals surface area contributed by atoms with Crippen LogP contribution in [0.2, 0.25) is 0 Å². The third-order valence-electron chi connectivity index (χ3n) is 2.78. The molecule has 0 aliphatic carbocycles. The van der Waals surface area contributed by atoms with Gasteiger partial charge in [-0.3, -0.25) is 4.79 Å². The monoisotopic (exact) mass is 280 g/mol. The van der Waals surface area contributed by atoms with Crippen molar-refractivity contribution >= 4 is 27.5 Å². The van der Waals surface area contributed by atoms with Crippen LogP contribution in [0.15, 0.2) is 0 Å². The molecule has 1 unspecified atom stereocenters. The molecule has 1 aliphatic rings. The van der Waals surface area contributed by atoms with Gasteiger partial charge in [-0.15, -0.1) is 0 Å². The molecule has 1 heterocycles. The second kappa shape index (κ2) is 6.61. The first-order valence-electron chi connectivity index (χ1n) is 5.61. The topological polar surface area (TPSA) is 66.5 Å². The zero-order valence-electron chi connectivity index (χ0n) is 10.3. The predicted molar refractivity (Wildman–Crippen MR) is 71.1 cm³/mol. The van der Waals surface area contributed by atoms with E-state index in [1.165, 1.54) is 0 Å². The van der Waals surface area contributed by atoms with Crippen LogP contribution >= 0.6 is 11.8 Å². The van der Waals surface area contributed by atoms with Crippen LogP contribution in [0.3, 0.4) is 0 Å². The standard InChI is InChI=1S/C10H20N2O3S2/c1-12(4-5-16-2)10(13)7-9-8-17(14,15)6-3-11-9/h9,11H,3-8H2,1-2H3. The Morgan fingerprint density at radius 1 is 1.53 bits per heavy atom. The lowest BCUT2D eigenvalue weighted by Crippen LogP contribution is -2.47. The van der Waals surface area contributed by atoms with Crippen LogP contribution in [0, 0.1) is 0 Å². The van der Waals surface area contributed by atoms with Crippen molar-refractivity contribution in [2.24, 2.45) is 0 Å². The van der Waals surface area contributed by atoms with Gasteiger partial charge in [0.1, 0.15) is 0 Å². The third-order valence-corrected chi connectivity index (χ3v) is 5.11. The van der Waals surface area contributed by atoms with Gasteiger partial charge in [-0.2, -0.15) is 11.8 Å². The number of sulfone groups is 1. The molecule has 0 aromatic rings. The summed E-state index contributed by atoms with van der Waals surface area (Å²) in [6.45, 7) is 1.16. The first kappa shape index (κ1) is 14.8. The fourth-order valence-corrected chi connectivity index (χ4v) is 3.62. The van der Waals surface area contributed by atoms with E-state index in [4.69, 9.17) is 0 Å². The Morgan fingerprint density at radius 3 is 2.82 bits per heavy atom. The lowest BCUT2D eigenvalue weighted by Gasteiger charge is -2.25. The summed E-state index contributed by atoms with van der Waals surface area (Å²) in [4.78, 5) is 13.5. The minimum Gasteiger partial charge on any atom is -0.345 e. The van der Waals surface area contributed by atoms with Gasteiger partial charge in [0.15, 0.2) is 9.84 Å². The van der Waals surface area contributed by atoms with Gasteiger partial charge < -0.3 is 10.2 Å². The number of hydrogen-bond donors (Lipinski definition) is 1. The fourth-order valence-electron chi connectivity index (χ4n) is 1.72. The van der Waals surface area contributed by atoms with Crippen LogP contribution in [0.4, 0.5) is 0 Å². The predicted octanol–water partition coefficient (Wildman–Crippen LogP) is -0.415. The van der Waals surface area contributed by atoms with E-state index in [-0.39, 0.29) is 29.9 Å². The summed E-state index contributed by atoms with van der Waals surface area (Å²) in [6.07, 6.45) is 2.26. The average Bonchev–Trinajstić information content (AvgIpc) is 2.24. The molecular weight excluding hydrogens is 260 g/mol. The van der Waals surface area contributed by atoms with Crippen molar-refractivity contribution in [1.29, 1.82) is 0 Å². The second-order valence-electron chi connectivity index (χ2n) is 4.28. The van der Waals surface area contributed by atoms with Gasteiger partial charge in [0, 0.05) is 38.4 Å². The lowest BCUT2D eigenvalue weighted by molar-refractivity contribution is -0.130. The Balaban J connectivity index is 2.40. The molecule has 7 heteroatoms. The lowest BCUT2D eigenvalue weighted by atomic mass is 10.2. The van der Waals surface area contributed by atoms with Crippen LogP contribution in [0.25, 0.3) is 0 Å². The normalized spacial score (nSPS) is 23.3. The van der Waals surface area contributed by atoms with E-state index in [0.29, 0.717) is 13.1 Å². The fraction of sp³-hybridized carbons (Fsp3) is 0.900. The molecule has 5 nitrogen and oxygen atoms in total. The van der Waals surface area contributed by atoms with Crippen molar-refractivity contribution in [3.63, 3.8) is 0 Å². The summed E-state index contributed by atoms with van der Waals surface area (Å²) in [5.41, 5.74) is 0. The molecule has 0 aromatic carbocycles. The van der Waals surface area contributed by atoms with E-state index in [9.17, 15) is 13.2 Å². The Labute approximate surface area is 107 Å². The SMILES string of the molecule is CSCCN(C)C(=O)CC1CS(=O)(=O)CCN1. The van der Waals surface area contributed by atoms with E-state index in [1.54, 1.807) is 23.7 Å². The van der Waals surface area contributed by atoms with Gasteiger partial charge in [0.05, 0.1) is 11.5 Å². The zero-order valence-corrected chi connectivity index (χ0v) is 11.9. The van der Waals surface area contributed by atoms with Crippen molar-refractivity contribution in [3.05, 3.63) is 0 Å². The number of rotatable bonds is 5. The molecule has 1 saturated heterocycles. The highest BCUT2D eigenvalue weighted by Crippen LogP contribution is 2.07. The van der Waals surface area contributed by atoms with Crippen LogP contribution in [-0.4, -0.2) is 68.9 Å². The second-order valence-corrected chi connectivity index (χ2v) is 7.49. The number of nitrogens with zero attached hydrogens (tertiary/aromatic N) is 1. The molecule has 1 fully saturated rings. The van der Waals surface area contributed by atoms with E-state index in [2.05, 4.69) is 5.32 Å². The summed E-state index contributed by atoms with van der Waals surface area (Å²) >= 11 is 1.69. The molecule has 1 rings (SSSR count). The summed E-state index contributed by atoms with van der Waals surface area (Å²) in [5.74, 6) is 1.17. The first-order valence-corrected chi connectivity index (χ1v) is 8.83. The highest BCUT2D eigenvalue weighted by Gasteiger charge is 2.26. The Kier molecular flexibility index (Phi) is 5.75. The van der Waals surface area contributed by atoms with Gasteiger partial charge in [0.2, 0.25) is 5.91 Å². The number of nitrogens with one attached hydrogen (secondary N) is 1. The highest BCUT2D eigenvalue weighted by molar-refractivity contribution is 7.98. The van der Waals surface area contributed by atoms with Gasteiger partial charge in [-0.05, 0) is 6.26 Å². The number of hydrogen-bond acceptors (Lipinski definition) is 5. The van der Waals surface area contributed by atoms with E-state index in [1.807, 2.05) is 6.26 Å². The van der Waals surface area contributed by atoms with Gasteiger partial charge in [0.25, 0.3) is 0 Å². The van der Waals surface area contributed by atoms with Crippen LogP contribution in [-0.2, 0) is 14.6 Å². The number of carbonyl (C=O) groups excluding carboxylic acids is 1. The molecule has 1 N–H and O–H groups in total. The third kappa shape index (κ3) is 5.27. The quantitative estimate of drug-likeness (QED) is 0.741. The molecule has 1 aliphatic heterocycles. The number of amides is 1. The molecule has 0 saturated carbocycles. The summed E-state index contributed by atoms with van der Waals surface area (Å²) in [6, 6.07) is -0.224. The summed E-state index contributed by atoms with van der Waals surface area (Å²) < 4.78 is 22.8. The summed E-state index contributed by atoms with van der Waals surface area (Å²) in [5, 5.41) is 3.08.